The molecule has 0 atom stereocenters. The van der Waals surface area contributed by atoms with Gasteiger partial charge in [-0.15, -0.1) is 19.6 Å². The predicted octanol–water partition coefficient (Wildman–Crippen LogP) is 6.67. The molecule has 0 bridgehead atoms. The molecule has 0 saturated carbocycles. The monoisotopic (exact) mass is 821 g/mol. The van der Waals surface area contributed by atoms with Crippen molar-refractivity contribution in [2.45, 2.75) is 77.0 Å². The van der Waals surface area contributed by atoms with E-state index in [0.717, 1.165) is 21.2 Å². The van der Waals surface area contributed by atoms with Crippen molar-refractivity contribution in [1.29, 1.82) is 0 Å². The molecule has 0 unspecified atom stereocenters. The summed E-state index contributed by atoms with van der Waals surface area (Å²) in [5, 5.41) is 0. The molecule has 0 aliphatic heterocycles. The van der Waals surface area contributed by atoms with Crippen molar-refractivity contribution in [1.82, 2.24) is 4.90 Å². The van der Waals surface area contributed by atoms with Gasteiger partial charge < -0.3 is 23.5 Å². The molecule has 0 amide bonds. The van der Waals surface area contributed by atoms with Crippen molar-refractivity contribution in [3.63, 3.8) is 0 Å². The van der Waals surface area contributed by atoms with Crippen molar-refractivity contribution in [3.8, 4) is 0 Å². The van der Waals surface area contributed by atoms with E-state index < -0.39 is 30.1 Å². The number of rotatable bonds is 15. The molecule has 1 radical (unpaired) electrons. The van der Waals surface area contributed by atoms with Crippen LogP contribution in [0.25, 0.3) is 14.2 Å². The van der Waals surface area contributed by atoms with Crippen LogP contribution in [-0.4, -0.2) is 102 Å². The summed E-state index contributed by atoms with van der Waals surface area (Å²) in [5.74, 6) is 0. The van der Waals surface area contributed by atoms with E-state index in [1.165, 1.54) is 0 Å². The van der Waals surface area contributed by atoms with E-state index in [4.69, 9.17) is 0 Å². The fourth-order valence-electron chi connectivity index (χ4n) is 6.16. The Morgan fingerprint density at radius 3 is 0.788 bits per heavy atom. The summed E-state index contributed by atoms with van der Waals surface area (Å²) in [4.78, 5) is 2.23. The third-order valence-corrected chi connectivity index (χ3v) is 12.7. The Morgan fingerprint density at radius 2 is 0.615 bits per heavy atom. The van der Waals surface area contributed by atoms with Gasteiger partial charge in [-0.25, -0.2) is 25.3 Å². The van der Waals surface area contributed by atoms with Gasteiger partial charge in [0.1, 0.15) is 30.1 Å². The van der Waals surface area contributed by atoms with Gasteiger partial charge in [-0.1, -0.05) is 53.1 Å². The van der Waals surface area contributed by atoms with Crippen molar-refractivity contribution < 1.29 is 46.2 Å². The minimum absolute atomic E-state index is 0. The Bertz CT molecular complexity index is 1730. The molecule has 3 aromatic carbocycles. The first kappa shape index (κ1) is 47.8. The molecule has 11 nitrogen and oxygen atoms in total. The summed E-state index contributed by atoms with van der Waals surface area (Å²) in [6, 6.07) is 10.8. The molecule has 3 rings (SSSR count). The maximum Gasteiger partial charge on any atom is 3.00 e. The second-order valence-electron chi connectivity index (χ2n) is 14.7. The average Bonchev–Trinajstić information content (AvgIpc) is 2.89. The summed E-state index contributed by atoms with van der Waals surface area (Å²) in [6.45, 7) is 16.1. The molecule has 3 aromatic rings. The maximum atomic E-state index is 13.2. The van der Waals surface area contributed by atoms with Gasteiger partial charge in [0, 0.05) is 0 Å². The van der Waals surface area contributed by atoms with Gasteiger partial charge in [-0.05, 0) is 115 Å². The molecule has 0 aliphatic rings. The maximum absolute atomic E-state index is 13.2. The second-order valence-corrected chi connectivity index (χ2v) is 19.5. The van der Waals surface area contributed by atoms with Crippen molar-refractivity contribution in [2.24, 2.45) is 0 Å². The molecule has 0 spiro atoms. The molecule has 0 aromatic heterocycles. The third kappa shape index (κ3) is 14.6. The fourth-order valence-corrected chi connectivity index (χ4v) is 10.3. The van der Waals surface area contributed by atoms with Crippen LogP contribution >= 0.6 is 0 Å². The van der Waals surface area contributed by atoms with E-state index >= 15 is 0 Å². The van der Waals surface area contributed by atoms with Gasteiger partial charge in [0.25, 0.3) is 0 Å². The quantitative estimate of drug-likeness (QED) is 0.123. The van der Waals surface area contributed by atoms with Crippen LogP contribution in [0.4, 0.5) is 0 Å². The zero-order valence-electron chi connectivity index (χ0n) is 32.9. The van der Waals surface area contributed by atoms with Crippen LogP contribution < -0.4 is 0 Å². The number of hydrogen-bond acceptors (Lipinski definition) is 7. The molecule has 52 heavy (non-hydrogen) atoms. The molecular formula is C37H57N5NiO6S3+. The summed E-state index contributed by atoms with van der Waals surface area (Å²) in [7, 11) is -3.38. The van der Waals surface area contributed by atoms with Crippen molar-refractivity contribution in [3.05, 3.63) is 101 Å². The molecule has 0 N–H and O–H groups in total. The van der Waals surface area contributed by atoms with E-state index in [-0.39, 0.29) is 70.4 Å². The van der Waals surface area contributed by atoms with Crippen LogP contribution in [0.15, 0.2) is 51.1 Å². The van der Waals surface area contributed by atoms with Gasteiger partial charge in [0.05, 0.1) is 42.9 Å². The topological polar surface area (TPSA) is 148 Å². The van der Waals surface area contributed by atoms with Crippen LogP contribution in [0.3, 0.4) is 0 Å². The van der Waals surface area contributed by atoms with Gasteiger partial charge in [0.2, 0.25) is 0 Å². The standard InChI is InChI=1S/C33H45N4O6S3.C4H12N.Ni/c1-22-16-25(4)31(26(5)17-22)44(38,39)34-10-13-37(14-11-35-45(40,41)32-27(6)18-23(2)19-28(32)7)15-12-36-46(42,43)33-29(8)20-24(3)21-30(33)9;1-5(2,3)4;/h16-21H,10-15H2,1-9H3;1-4H3;/q-3;+1;+3. The minimum Gasteiger partial charge on any atom is -0.544 e. The zero-order chi connectivity index (χ0) is 39.1. The third-order valence-electron chi connectivity index (χ3n) is 7.62. The van der Waals surface area contributed by atoms with Crippen LogP contribution in [0, 0.1) is 62.3 Å². The number of hydrogen-bond donors (Lipinski definition) is 0. The molecule has 0 fully saturated rings. The minimum atomic E-state index is -3.96. The van der Waals surface area contributed by atoms with Crippen LogP contribution in [-0.2, 0) is 46.6 Å². The molecule has 293 valence electrons. The van der Waals surface area contributed by atoms with Gasteiger partial charge in [-0.3, -0.25) is 0 Å². The van der Waals surface area contributed by atoms with Crippen molar-refractivity contribution in [2.75, 3.05) is 67.5 Å². The Kier molecular flexibility index (Phi) is 17.8. The van der Waals surface area contributed by atoms with Crippen molar-refractivity contribution >= 4 is 30.1 Å². The first-order valence-electron chi connectivity index (χ1n) is 16.8. The molecular weight excluding hydrogens is 765 g/mol. The number of nitrogens with zero attached hydrogens (tertiary/aromatic N) is 5. The average molecular weight is 823 g/mol. The largest absolute Gasteiger partial charge is 3.00 e. The Labute approximate surface area is 324 Å². The van der Waals surface area contributed by atoms with Gasteiger partial charge >= 0.3 is 16.5 Å². The van der Waals surface area contributed by atoms with Gasteiger partial charge in [0.15, 0.2) is 0 Å². The Balaban J connectivity index is 0.00000210. The normalized spacial score (nSPS) is 12.3. The second kappa shape index (κ2) is 19.4. The first-order chi connectivity index (χ1) is 23.2. The van der Waals surface area contributed by atoms with Crippen LogP contribution in [0.2, 0.25) is 0 Å². The summed E-state index contributed by atoms with van der Waals surface area (Å²) < 4.78 is 92.1. The smallest absolute Gasteiger partial charge is 0.544 e. The Morgan fingerprint density at radius 1 is 0.442 bits per heavy atom. The number of aryl methyl sites for hydroxylation is 9. The number of quaternary nitrogens is 1. The zero-order valence-corrected chi connectivity index (χ0v) is 36.4. The molecule has 0 aliphatic carbocycles. The fraction of sp³-hybridized carbons (Fsp3) is 0.514. The SMILES string of the molecule is C[N+](C)(C)C.Cc1cc(C)c(S(=O)(=O)[N-]CCN(CC[N-]S(=O)(=O)c2c(C)cc(C)cc2C)CC[N-]S(=O)(=O)c2c(C)cc(C)cc2C)c(C)c1.[Ni+3]. The van der Waals surface area contributed by atoms with E-state index in [9.17, 15) is 25.3 Å². The molecule has 0 heterocycles. The van der Waals surface area contributed by atoms with E-state index in [0.29, 0.717) is 33.4 Å². The van der Waals surface area contributed by atoms with E-state index in [2.05, 4.69) is 42.4 Å². The van der Waals surface area contributed by atoms with Gasteiger partial charge in [-0.2, -0.15) is 0 Å². The van der Waals surface area contributed by atoms with E-state index in [1.54, 1.807) is 82.8 Å². The summed E-state index contributed by atoms with van der Waals surface area (Å²) in [5.41, 5.74) is 6.48. The molecule has 0 saturated heterocycles. The van der Waals surface area contributed by atoms with Crippen LogP contribution in [0.5, 0.6) is 0 Å². The first-order valence-corrected chi connectivity index (χ1v) is 21.1. The number of sulfonamides is 3. The van der Waals surface area contributed by atoms with E-state index in [1.807, 2.05) is 20.8 Å². The Hall–Kier alpha value is -2.20. The summed E-state index contributed by atoms with van der Waals surface area (Å²) >= 11 is 0. The predicted molar refractivity (Wildman–Crippen MR) is 209 cm³/mol. The number of benzene rings is 3. The molecule has 15 heteroatoms. The van der Waals surface area contributed by atoms with Crippen LogP contribution in [0.1, 0.15) is 50.1 Å². The summed E-state index contributed by atoms with van der Waals surface area (Å²) in [6.07, 6.45) is 0.